The third kappa shape index (κ3) is 7.01. The summed E-state index contributed by atoms with van der Waals surface area (Å²) in [5.74, 6) is -1.88. The van der Waals surface area contributed by atoms with Gasteiger partial charge in [-0.05, 0) is 17.9 Å². The van der Waals surface area contributed by atoms with Crippen LogP contribution < -0.4 is 5.32 Å². The molecule has 2 aliphatic heterocycles. The number of benzene rings is 1. The highest BCUT2D eigenvalue weighted by atomic mass is 16.4. The van der Waals surface area contributed by atoms with Gasteiger partial charge in [0, 0.05) is 13.1 Å². The average molecular weight is 527 g/mol. The number of carboxylic acid groups (broad SMARTS) is 1. The Hall–Kier alpha value is -3.65. The second-order valence-corrected chi connectivity index (χ2v) is 9.88. The van der Waals surface area contributed by atoms with Crippen molar-refractivity contribution < 1.29 is 24.3 Å². The fourth-order valence-corrected chi connectivity index (χ4v) is 5.22. The molecule has 0 aliphatic carbocycles. The number of amides is 4. The van der Waals surface area contributed by atoms with Crippen LogP contribution in [-0.4, -0.2) is 87.1 Å². The quantitative estimate of drug-likeness (QED) is 0.315. The molecule has 2 fully saturated rings. The summed E-state index contributed by atoms with van der Waals surface area (Å²) >= 11 is 0. The molecule has 2 saturated heterocycles. The van der Waals surface area contributed by atoms with Gasteiger partial charge in [0.05, 0.1) is 25.6 Å². The molecule has 3 atom stereocenters. The van der Waals surface area contributed by atoms with E-state index in [0.29, 0.717) is 6.54 Å². The SMILES string of the molecule is CCCCCC(CC)CN1C[C@H]2N(C(=O)CN(CC#N)N2C(=O)NCc2ccccc2)C(CC(=O)O)C1=O. The molecule has 11 nitrogen and oxygen atoms in total. The van der Waals surface area contributed by atoms with Gasteiger partial charge in [-0.3, -0.25) is 14.4 Å². The van der Waals surface area contributed by atoms with E-state index in [1.165, 1.54) is 14.9 Å². The van der Waals surface area contributed by atoms with Gasteiger partial charge in [-0.1, -0.05) is 69.9 Å². The number of nitriles is 1. The first-order valence-electron chi connectivity index (χ1n) is 13.3. The van der Waals surface area contributed by atoms with Crippen molar-refractivity contribution in [3.8, 4) is 6.07 Å². The van der Waals surface area contributed by atoms with Gasteiger partial charge < -0.3 is 20.2 Å². The van der Waals surface area contributed by atoms with E-state index in [9.17, 15) is 29.5 Å². The highest BCUT2D eigenvalue weighted by molar-refractivity contribution is 5.93. The van der Waals surface area contributed by atoms with Gasteiger partial charge in [0.1, 0.15) is 18.8 Å². The summed E-state index contributed by atoms with van der Waals surface area (Å²) in [6.45, 7) is 4.38. The van der Waals surface area contributed by atoms with Crippen molar-refractivity contribution >= 4 is 23.8 Å². The van der Waals surface area contributed by atoms with Crippen LogP contribution in [0.15, 0.2) is 30.3 Å². The first-order valence-corrected chi connectivity index (χ1v) is 13.3. The fraction of sp³-hybridized carbons (Fsp3) is 0.593. The molecule has 0 radical (unpaired) electrons. The summed E-state index contributed by atoms with van der Waals surface area (Å²) in [5.41, 5.74) is 0.875. The van der Waals surface area contributed by atoms with Gasteiger partial charge in [0.15, 0.2) is 0 Å². The Kier molecular flexibility index (Phi) is 10.5. The number of hydrogen-bond acceptors (Lipinski definition) is 6. The molecule has 1 aromatic carbocycles. The molecule has 206 valence electrons. The predicted molar refractivity (Wildman–Crippen MR) is 139 cm³/mol. The molecular weight excluding hydrogens is 488 g/mol. The van der Waals surface area contributed by atoms with Crippen molar-refractivity contribution in [3.63, 3.8) is 0 Å². The number of hydrazine groups is 1. The molecule has 2 unspecified atom stereocenters. The van der Waals surface area contributed by atoms with E-state index in [0.717, 1.165) is 37.7 Å². The lowest BCUT2D eigenvalue weighted by atomic mass is 9.96. The molecular formula is C27H38N6O5. The zero-order valence-electron chi connectivity index (χ0n) is 22.2. The lowest BCUT2D eigenvalue weighted by Crippen LogP contribution is -2.76. The summed E-state index contributed by atoms with van der Waals surface area (Å²) in [4.78, 5) is 54.8. The maximum atomic E-state index is 13.5. The number of unbranched alkanes of at least 4 members (excludes halogenated alkanes) is 2. The van der Waals surface area contributed by atoms with E-state index >= 15 is 0 Å². The van der Waals surface area contributed by atoms with Crippen molar-refractivity contribution in [1.29, 1.82) is 5.26 Å². The summed E-state index contributed by atoms with van der Waals surface area (Å²) in [6, 6.07) is 9.58. The Bertz CT molecular complexity index is 1030. The molecule has 0 aromatic heterocycles. The van der Waals surface area contributed by atoms with E-state index in [2.05, 4.69) is 19.2 Å². The van der Waals surface area contributed by atoms with Crippen LogP contribution in [0.3, 0.4) is 0 Å². The Labute approximate surface area is 223 Å². The van der Waals surface area contributed by atoms with Crippen molar-refractivity contribution in [3.05, 3.63) is 35.9 Å². The second kappa shape index (κ2) is 13.8. The lowest BCUT2D eigenvalue weighted by Gasteiger charge is -2.54. The van der Waals surface area contributed by atoms with Crippen LogP contribution in [0.5, 0.6) is 0 Å². The Morgan fingerprint density at radius 1 is 1.18 bits per heavy atom. The standard InChI is InChI=1S/C27H38N6O5/c1-3-5-7-10-20(4-2)17-30-18-23-32(22(26(30)37)15-25(35)36)24(34)19-31(14-13-28)33(23)27(38)29-16-21-11-8-6-9-12-21/h6,8-9,11-12,20,22-23H,3-5,7,10,14-19H2,1-2H3,(H,29,38)(H,35,36)/t20?,22?,23-/m0/s1. The number of carboxylic acids is 1. The van der Waals surface area contributed by atoms with Crippen LogP contribution in [0.1, 0.15) is 57.9 Å². The highest BCUT2D eigenvalue weighted by Gasteiger charge is 2.52. The molecule has 2 N–H and O–H groups in total. The van der Waals surface area contributed by atoms with Gasteiger partial charge in [-0.25, -0.2) is 9.80 Å². The number of piperazine rings is 1. The van der Waals surface area contributed by atoms with Gasteiger partial charge in [0.25, 0.3) is 0 Å². The van der Waals surface area contributed by atoms with E-state index in [4.69, 9.17) is 0 Å². The molecule has 2 heterocycles. The molecule has 11 heteroatoms. The highest BCUT2D eigenvalue weighted by Crippen LogP contribution is 2.29. The number of nitrogens with one attached hydrogen (secondary N) is 1. The van der Waals surface area contributed by atoms with Gasteiger partial charge >= 0.3 is 12.0 Å². The minimum absolute atomic E-state index is 0.0473. The number of carbonyl (C=O) groups is 4. The lowest BCUT2D eigenvalue weighted by molar-refractivity contribution is -0.190. The number of nitrogens with zero attached hydrogens (tertiary/aromatic N) is 5. The third-order valence-electron chi connectivity index (χ3n) is 7.22. The zero-order valence-corrected chi connectivity index (χ0v) is 22.2. The topological polar surface area (TPSA) is 137 Å². The smallest absolute Gasteiger partial charge is 0.334 e. The van der Waals surface area contributed by atoms with E-state index < -0.39 is 42.4 Å². The largest absolute Gasteiger partial charge is 0.481 e. The predicted octanol–water partition coefficient (Wildman–Crippen LogP) is 2.40. The van der Waals surface area contributed by atoms with E-state index in [1.807, 2.05) is 36.4 Å². The second-order valence-electron chi connectivity index (χ2n) is 9.88. The zero-order chi connectivity index (χ0) is 27.7. The van der Waals surface area contributed by atoms with Gasteiger partial charge in [0.2, 0.25) is 11.8 Å². The number of carbonyl (C=O) groups excluding carboxylic acids is 3. The van der Waals surface area contributed by atoms with Gasteiger partial charge in [-0.2, -0.15) is 10.3 Å². The van der Waals surface area contributed by atoms with Crippen LogP contribution in [0.2, 0.25) is 0 Å². The number of rotatable bonds is 12. The molecule has 1 aromatic rings. The summed E-state index contributed by atoms with van der Waals surface area (Å²) in [7, 11) is 0. The molecule has 4 amide bonds. The molecule has 3 rings (SSSR count). The van der Waals surface area contributed by atoms with Crippen LogP contribution >= 0.6 is 0 Å². The molecule has 0 spiro atoms. The molecule has 0 saturated carbocycles. The number of fused-ring (bicyclic) bond motifs is 1. The Morgan fingerprint density at radius 2 is 1.92 bits per heavy atom. The Balaban J connectivity index is 1.91. The van der Waals surface area contributed by atoms with E-state index in [-0.39, 0.29) is 32.1 Å². The maximum Gasteiger partial charge on any atom is 0.334 e. The van der Waals surface area contributed by atoms with Crippen molar-refractivity contribution in [1.82, 2.24) is 25.1 Å². The van der Waals surface area contributed by atoms with Gasteiger partial charge in [-0.15, -0.1) is 0 Å². The Morgan fingerprint density at radius 3 is 2.55 bits per heavy atom. The fourth-order valence-electron chi connectivity index (χ4n) is 5.22. The number of urea groups is 1. The number of aliphatic carboxylic acids is 1. The minimum atomic E-state index is -1.22. The van der Waals surface area contributed by atoms with Crippen LogP contribution in [0, 0.1) is 17.2 Å². The average Bonchev–Trinajstić information content (AvgIpc) is 2.89. The van der Waals surface area contributed by atoms with Crippen LogP contribution in [-0.2, 0) is 20.9 Å². The van der Waals surface area contributed by atoms with E-state index in [1.54, 1.807) is 4.90 Å². The monoisotopic (exact) mass is 526 g/mol. The maximum absolute atomic E-state index is 13.5. The van der Waals surface area contributed by atoms with Crippen LogP contribution in [0.4, 0.5) is 4.79 Å². The first kappa shape index (κ1) is 28.9. The number of hydrogen-bond donors (Lipinski definition) is 2. The van der Waals surface area contributed by atoms with Crippen molar-refractivity contribution in [2.45, 2.75) is 71.1 Å². The minimum Gasteiger partial charge on any atom is -0.481 e. The van der Waals surface area contributed by atoms with Crippen molar-refractivity contribution in [2.75, 3.05) is 26.2 Å². The van der Waals surface area contributed by atoms with Crippen LogP contribution in [0.25, 0.3) is 0 Å². The van der Waals surface area contributed by atoms with Crippen molar-refractivity contribution in [2.24, 2.45) is 5.92 Å². The molecule has 0 bridgehead atoms. The summed E-state index contributed by atoms with van der Waals surface area (Å²) < 4.78 is 0. The normalized spacial score (nSPS) is 20.6. The molecule has 2 aliphatic rings. The third-order valence-corrected chi connectivity index (χ3v) is 7.22. The molecule has 38 heavy (non-hydrogen) atoms. The first-order chi connectivity index (χ1) is 18.3. The summed E-state index contributed by atoms with van der Waals surface area (Å²) in [5, 5.41) is 24.5. The summed E-state index contributed by atoms with van der Waals surface area (Å²) in [6.07, 6.45) is 3.53.